The Balaban J connectivity index is 1.96. The van der Waals surface area contributed by atoms with Gasteiger partial charge in [-0.1, -0.05) is 91.0 Å². The normalized spacial score (nSPS) is 13.1. The minimum Gasteiger partial charge on any atom is -0.465 e. The summed E-state index contributed by atoms with van der Waals surface area (Å²) in [6.07, 6.45) is -1.03. The van der Waals surface area contributed by atoms with Gasteiger partial charge in [0, 0.05) is 0 Å². The Morgan fingerprint density at radius 1 is 0.821 bits per heavy atom. The standard InChI is InChI=1S/C24H25NO3/c1-2-28-24(27)22(23(26)20-16-10-5-11-17-20)25-21(18-12-6-3-7-13-18)19-14-8-4-9-15-19/h3-17,21-23,25-26H,2H2,1H3/t22-,23-/m0/s1. The van der Waals surface area contributed by atoms with E-state index in [2.05, 4.69) is 5.32 Å². The van der Waals surface area contributed by atoms with Crippen LogP contribution in [-0.4, -0.2) is 23.7 Å². The third-order valence-corrected chi connectivity index (χ3v) is 4.61. The van der Waals surface area contributed by atoms with Gasteiger partial charge in [-0.2, -0.15) is 0 Å². The smallest absolute Gasteiger partial charge is 0.326 e. The van der Waals surface area contributed by atoms with Gasteiger partial charge in [0.25, 0.3) is 0 Å². The lowest BCUT2D eigenvalue weighted by Crippen LogP contribution is -2.45. The Morgan fingerprint density at radius 3 is 1.68 bits per heavy atom. The summed E-state index contributed by atoms with van der Waals surface area (Å²) in [5.74, 6) is -0.476. The number of rotatable bonds is 8. The Kier molecular flexibility index (Phi) is 6.95. The molecule has 0 aromatic heterocycles. The molecule has 0 radical (unpaired) electrons. The van der Waals surface area contributed by atoms with E-state index in [1.54, 1.807) is 19.1 Å². The maximum Gasteiger partial charge on any atom is 0.326 e. The molecular formula is C24H25NO3. The number of carbonyl (C=O) groups is 1. The molecule has 3 aromatic rings. The summed E-state index contributed by atoms with van der Waals surface area (Å²) in [5.41, 5.74) is 2.67. The van der Waals surface area contributed by atoms with Crippen molar-refractivity contribution >= 4 is 5.97 Å². The van der Waals surface area contributed by atoms with Crippen LogP contribution in [0.5, 0.6) is 0 Å². The number of nitrogens with one attached hydrogen (secondary N) is 1. The second-order valence-corrected chi connectivity index (χ2v) is 6.51. The Bertz CT molecular complexity index is 813. The molecule has 0 aliphatic heterocycles. The number of aliphatic hydroxyl groups is 1. The van der Waals surface area contributed by atoms with Crippen LogP contribution < -0.4 is 5.32 Å². The van der Waals surface area contributed by atoms with Crippen LogP contribution in [0.4, 0.5) is 0 Å². The zero-order valence-corrected chi connectivity index (χ0v) is 15.9. The van der Waals surface area contributed by atoms with Gasteiger partial charge in [-0.15, -0.1) is 0 Å². The number of hydrogen-bond acceptors (Lipinski definition) is 4. The molecule has 3 aromatic carbocycles. The molecule has 0 unspecified atom stereocenters. The molecule has 28 heavy (non-hydrogen) atoms. The maximum atomic E-state index is 12.7. The quantitative estimate of drug-likeness (QED) is 0.584. The van der Waals surface area contributed by atoms with Crippen LogP contribution in [-0.2, 0) is 9.53 Å². The van der Waals surface area contributed by atoms with E-state index in [0.29, 0.717) is 5.56 Å². The minimum atomic E-state index is -1.03. The molecule has 0 aliphatic rings. The molecule has 144 valence electrons. The summed E-state index contributed by atoms with van der Waals surface area (Å²) in [5, 5.41) is 14.3. The van der Waals surface area contributed by atoms with Crippen molar-refractivity contribution in [1.29, 1.82) is 0 Å². The fourth-order valence-electron chi connectivity index (χ4n) is 3.22. The van der Waals surface area contributed by atoms with Crippen molar-refractivity contribution < 1.29 is 14.6 Å². The third kappa shape index (κ3) is 4.85. The van der Waals surface area contributed by atoms with Gasteiger partial charge in [0.2, 0.25) is 0 Å². The molecule has 2 atom stereocenters. The Hall–Kier alpha value is -2.95. The lowest BCUT2D eigenvalue weighted by atomic mass is 9.95. The SMILES string of the molecule is CCOC(=O)[C@@H](NC(c1ccccc1)c1ccccc1)[C@@H](O)c1ccccc1. The summed E-state index contributed by atoms with van der Waals surface area (Å²) in [4.78, 5) is 12.7. The number of aliphatic hydroxyl groups excluding tert-OH is 1. The summed E-state index contributed by atoms with van der Waals surface area (Å²) >= 11 is 0. The highest BCUT2D eigenvalue weighted by Gasteiger charge is 2.32. The van der Waals surface area contributed by atoms with Gasteiger partial charge in [0.15, 0.2) is 0 Å². The minimum absolute atomic E-state index is 0.250. The number of esters is 1. The first kappa shape index (κ1) is 19.8. The molecule has 0 saturated heterocycles. The molecule has 0 saturated carbocycles. The molecule has 0 fully saturated rings. The van der Waals surface area contributed by atoms with E-state index in [1.165, 1.54) is 0 Å². The van der Waals surface area contributed by atoms with Crippen LogP contribution in [0.1, 0.15) is 35.8 Å². The van der Waals surface area contributed by atoms with Crippen LogP contribution >= 0.6 is 0 Å². The van der Waals surface area contributed by atoms with Gasteiger partial charge in [-0.05, 0) is 23.6 Å². The fourth-order valence-corrected chi connectivity index (χ4v) is 3.22. The fraction of sp³-hybridized carbons (Fsp3) is 0.208. The van der Waals surface area contributed by atoms with Gasteiger partial charge in [0.05, 0.1) is 12.6 Å². The highest BCUT2D eigenvalue weighted by atomic mass is 16.5. The lowest BCUT2D eigenvalue weighted by Gasteiger charge is -2.28. The summed E-state index contributed by atoms with van der Waals surface area (Å²) in [6.45, 7) is 2.01. The zero-order valence-electron chi connectivity index (χ0n) is 15.9. The first-order valence-electron chi connectivity index (χ1n) is 9.46. The highest BCUT2D eigenvalue weighted by molar-refractivity contribution is 5.77. The molecule has 0 amide bonds. The van der Waals surface area contributed by atoms with E-state index in [0.717, 1.165) is 11.1 Å². The van der Waals surface area contributed by atoms with E-state index in [9.17, 15) is 9.90 Å². The lowest BCUT2D eigenvalue weighted by molar-refractivity contribution is -0.149. The number of benzene rings is 3. The van der Waals surface area contributed by atoms with E-state index in [-0.39, 0.29) is 12.6 Å². The zero-order chi connectivity index (χ0) is 19.8. The van der Waals surface area contributed by atoms with Crippen molar-refractivity contribution in [2.45, 2.75) is 25.1 Å². The predicted molar refractivity (Wildman–Crippen MR) is 110 cm³/mol. The molecular weight excluding hydrogens is 350 g/mol. The monoisotopic (exact) mass is 375 g/mol. The molecule has 3 rings (SSSR count). The van der Waals surface area contributed by atoms with Crippen LogP contribution in [0.3, 0.4) is 0 Å². The summed E-state index contributed by atoms with van der Waals surface area (Å²) in [6, 6.07) is 27.7. The number of ether oxygens (including phenoxy) is 1. The van der Waals surface area contributed by atoms with Crippen molar-refractivity contribution in [3.8, 4) is 0 Å². The molecule has 4 nitrogen and oxygen atoms in total. The van der Waals surface area contributed by atoms with E-state index >= 15 is 0 Å². The number of carbonyl (C=O) groups excluding carboxylic acids is 1. The second kappa shape index (κ2) is 9.83. The topological polar surface area (TPSA) is 58.6 Å². The van der Waals surface area contributed by atoms with Crippen molar-refractivity contribution in [2.24, 2.45) is 0 Å². The van der Waals surface area contributed by atoms with Gasteiger partial charge in [-0.25, -0.2) is 0 Å². The second-order valence-electron chi connectivity index (χ2n) is 6.51. The van der Waals surface area contributed by atoms with Crippen LogP contribution in [0.2, 0.25) is 0 Å². The molecule has 0 bridgehead atoms. The average molecular weight is 375 g/mol. The van der Waals surface area contributed by atoms with Gasteiger partial charge in [-0.3, -0.25) is 10.1 Å². The molecule has 0 spiro atoms. The van der Waals surface area contributed by atoms with Crippen LogP contribution in [0.25, 0.3) is 0 Å². The van der Waals surface area contributed by atoms with E-state index in [4.69, 9.17) is 4.74 Å². The van der Waals surface area contributed by atoms with E-state index in [1.807, 2.05) is 78.9 Å². The summed E-state index contributed by atoms with van der Waals surface area (Å²) < 4.78 is 5.26. The van der Waals surface area contributed by atoms with Crippen molar-refractivity contribution in [1.82, 2.24) is 5.32 Å². The van der Waals surface area contributed by atoms with Crippen LogP contribution in [0.15, 0.2) is 91.0 Å². The first-order chi connectivity index (χ1) is 13.7. The predicted octanol–water partition coefficient (Wildman–Crippen LogP) is 4.03. The highest BCUT2D eigenvalue weighted by Crippen LogP contribution is 2.26. The Morgan fingerprint density at radius 2 is 1.25 bits per heavy atom. The maximum absolute atomic E-state index is 12.7. The van der Waals surface area contributed by atoms with E-state index < -0.39 is 18.1 Å². The first-order valence-corrected chi connectivity index (χ1v) is 9.46. The number of hydrogen-bond donors (Lipinski definition) is 2. The van der Waals surface area contributed by atoms with Crippen molar-refractivity contribution in [3.63, 3.8) is 0 Å². The van der Waals surface area contributed by atoms with Gasteiger partial charge >= 0.3 is 5.97 Å². The van der Waals surface area contributed by atoms with Crippen molar-refractivity contribution in [2.75, 3.05) is 6.61 Å². The van der Waals surface area contributed by atoms with Gasteiger partial charge < -0.3 is 9.84 Å². The largest absolute Gasteiger partial charge is 0.465 e. The molecule has 2 N–H and O–H groups in total. The summed E-state index contributed by atoms with van der Waals surface area (Å²) in [7, 11) is 0. The van der Waals surface area contributed by atoms with Crippen molar-refractivity contribution in [3.05, 3.63) is 108 Å². The molecule has 0 aliphatic carbocycles. The van der Waals surface area contributed by atoms with Gasteiger partial charge in [0.1, 0.15) is 12.1 Å². The molecule has 4 heteroatoms. The molecule has 0 heterocycles. The van der Waals surface area contributed by atoms with Crippen LogP contribution in [0, 0.1) is 0 Å². The average Bonchev–Trinajstić information content (AvgIpc) is 2.76. The Labute approximate surface area is 165 Å². The third-order valence-electron chi connectivity index (χ3n) is 4.61.